The van der Waals surface area contributed by atoms with Crippen LogP contribution in [0.25, 0.3) is 0 Å². The molecule has 1 aromatic carbocycles. The summed E-state index contributed by atoms with van der Waals surface area (Å²) in [5.41, 5.74) is 0.948. The third-order valence-electron chi connectivity index (χ3n) is 3.55. The summed E-state index contributed by atoms with van der Waals surface area (Å²) < 4.78 is 28.5. The van der Waals surface area contributed by atoms with Crippen LogP contribution in [0.5, 0.6) is 0 Å². The van der Waals surface area contributed by atoms with Gasteiger partial charge in [0.15, 0.2) is 0 Å². The van der Waals surface area contributed by atoms with E-state index in [4.69, 9.17) is 0 Å². The Kier molecular flexibility index (Phi) is 8.62. The number of allylic oxidation sites excluding steroid dienone is 1. The van der Waals surface area contributed by atoms with Crippen LogP contribution in [0, 0.1) is 6.92 Å². The van der Waals surface area contributed by atoms with Crippen molar-refractivity contribution in [2.24, 2.45) is 0 Å². The van der Waals surface area contributed by atoms with E-state index in [0.29, 0.717) is 6.42 Å². The lowest BCUT2D eigenvalue weighted by molar-refractivity contribution is -0.133. The summed E-state index contributed by atoms with van der Waals surface area (Å²) in [6.45, 7) is 5.54. The molecule has 0 saturated carbocycles. The van der Waals surface area contributed by atoms with Gasteiger partial charge in [0.25, 0.3) is 0 Å². The number of aryl methyl sites for hydroxylation is 1. The number of hydrogen-bond acceptors (Lipinski definition) is 4. The first-order valence-corrected chi connectivity index (χ1v) is 9.51. The number of hydrogen-bond donors (Lipinski definition) is 0. The normalized spacial score (nSPS) is 11.2. The van der Waals surface area contributed by atoms with Gasteiger partial charge < -0.3 is 4.18 Å². The second-order valence-corrected chi connectivity index (χ2v) is 7.22. The van der Waals surface area contributed by atoms with Crippen molar-refractivity contribution in [2.75, 3.05) is 0 Å². The maximum Gasteiger partial charge on any atom is 0.341 e. The van der Waals surface area contributed by atoms with Crippen molar-refractivity contribution in [3.05, 3.63) is 42.5 Å². The first-order chi connectivity index (χ1) is 11.0. The zero-order chi connectivity index (χ0) is 17.1. The summed E-state index contributed by atoms with van der Waals surface area (Å²) >= 11 is 0. The topological polar surface area (TPSA) is 60.4 Å². The predicted molar refractivity (Wildman–Crippen MR) is 91.6 cm³/mol. The van der Waals surface area contributed by atoms with Crippen LogP contribution in [-0.2, 0) is 19.1 Å². The summed E-state index contributed by atoms with van der Waals surface area (Å²) in [6.07, 6.45) is 9.17. The molecule has 0 spiro atoms. The Morgan fingerprint density at radius 2 is 1.61 bits per heavy atom. The number of rotatable bonds is 11. The molecule has 0 bridgehead atoms. The molecular weight excluding hydrogens is 312 g/mol. The fourth-order valence-electron chi connectivity index (χ4n) is 2.18. The van der Waals surface area contributed by atoms with E-state index in [0.717, 1.165) is 44.1 Å². The first-order valence-electron chi connectivity index (χ1n) is 8.10. The summed E-state index contributed by atoms with van der Waals surface area (Å²) in [6, 6.07) is 6.24. The molecule has 0 radical (unpaired) electrons. The molecule has 23 heavy (non-hydrogen) atoms. The van der Waals surface area contributed by atoms with E-state index in [2.05, 4.69) is 10.8 Å². The SMILES string of the molecule is C=CCCCCCCCCC(=O)OS(=O)(=O)c1ccc(C)cc1. The Hall–Kier alpha value is -1.62. The van der Waals surface area contributed by atoms with Crippen LogP contribution in [0.3, 0.4) is 0 Å². The molecule has 1 aromatic rings. The quantitative estimate of drug-likeness (QED) is 0.338. The summed E-state index contributed by atoms with van der Waals surface area (Å²) in [5, 5.41) is 0. The van der Waals surface area contributed by atoms with E-state index in [1.54, 1.807) is 12.1 Å². The molecule has 0 N–H and O–H groups in total. The molecule has 0 aliphatic heterocycles. The minimum atomic E-state index is -3.99. The van der Waals surface area contributed by atoms with Gasteiger partial charge in [-0.05, 0) is 38.3 Å². The molecule has 4 nitrogen and oxygen atoms in total. The van der Waals surface area contributed by atoms with Crippen LogP contribution in [0.1, 0.15) is 56.9 Å². The van der Waals surface area contributed by atoms with Crippen LogP contribution >= 0.6 is 0 Å². The van der Waals surface area contributed by atoms with E-state index in [1.165, 1.54) is 12.1 Å². The third kappa shape index (κ3) is 7.98. The molecule has 0 unspecified atom stereocenters. The minimum Gasteiger partial charge on any atom is -0.342 e. The smallest absolute Gasteiger partial charge is 0.341 e. The van der Waals surface area contributed by atoms with Gasteiger partial charge in [0.1, 0.15) is 4.90 Å². The van der Waals surface area contributed by atoms with Crippen LogP contribution in [0.15, 0.2) is 41.8 Å². The molecule has 0 heterocycles. The molecule has 5 heteroatoms. The summed E-state index contributed by atoms with van der Waals surface area (Å²) in [5.74, 6) is -0.683. The summed E-state index contributed by atoms with van der Waals surface area (Å²) in [7, 11) is -3.99. The van der Waals surface area contributed by atoms with E-state index in [1.807, 2.05) is 13.0 Å². The van der Waals surface area contributed by atoms with E-state index in [-0.39, 0.29) is 11.3 Å². The second-order valence-electron chi connectivity index (χ2n) is 5.67. The maximum absolute atomic E-state index is 11.9. The van der Waals surface area contributed by atoms with Gasteiger partial charge in [0, 0.05) is 6.42 Å². The molecule has 0 fully saturated rings. The van der Waals surface area contributed by atoms with Crippen molar-refractivity contribution in [3.63, 3.8) is 0 Å². The fourth-order valence-corrected chi connectivity index (χ4v) is 3.08. The monoisotopic (exact) mass is 338 g/mol. The van der Waals surface area contributed by atoms with Crippen LogP contribution in [0.2, 0.25) is 0 Å². The Balaban J connectivity index is 2.25. The molecule has 0 aliphatic carbocycles. The lowest BCUT2D eigenvalue weighted by atomic mass is 10.1. The van der Waals surface area contributed by atoms with E-state index < -0.39 is 16.1 Å². The molecule has 0 atom stereocenters. The van der Waals surface area contributed by atoms with Crippen molar-refractivity contribution in [2.45, 2.75) is 63.2 Å². The third-order valence-corrected chi connectivity index (χ3v) is 4.81. The zero-order valence-corrected chi connectivity index (χ0v) is 14.6. The molecule has 128 valence electrons. The standard InChI is InChI=1S/C18H26O4S/c1-3-4-5-6-7-8-9-10-11-18(19)22-23(20,21)17-14-12-16(2)13-15-17/h3,12-15H,1,4-11H2,2H3. The number of benzene rings is 1. The average molecular weight is 338 g/mol. The molecule has 0 saturated heterocycles. The van der Waals surface area contributed by atoms with Gasteiger partial charge in [0.2, 0.25) is 0 Å². The van der Waals surface area contributed by atoms with Gasteiger partial charge in [-0.15, -0.1) is 6.58 Å². The number of unbranched alkanes of at least 4 members (excludes halogenated alkanes) is 6. The van der Waals surface area contributed by atoms with Gasteiger partial charge in [-0.2, -0.15) is 8.42 Å². The highest BCUT2D eigenvalue weighted by Gasteiger charge is 2.19. The first kappa shape index (κ1) is 19.4. The van der Waals surface area contributed by atoms with Crippen LogP contribution in [0.4, 0.5) is 0 Å². The largest absolute Gasteiger partial charge is 0.342 e. The zero-order valence-electron chi connectivity index (χ0n) is 13.8. The Morgan fingerprint density at radius 1 is 1.04 bits per heavy atom. The molecule has 0 aliphatic rings. The lowest BCUT2D eigenvalue weighted by Gasteiger charge is -2.06. The van der Waals surface area contributed by atoms with Gasteiger partial charge in [-0.3, -0.25) is 4.79 Å². The highest BCUT2D eigenvalue weighted by Crippen LogP contribution is 2.15. The van der Waals surface area contributed by atoms with Crippen molar-refractivity contribution in [1.82, 2.24) is 0 Å². The second kappa shape index (κ2) is 10.2. The molecule has 0 aromatic heterocycles. The van der Waals surface area contributed by atoms with Crippen LogP contribution in [-0.4, -0.2) is 14.4 Å². The van der Waals surface area contributed by atoms with Crippen molar-refractivity contribution >= 4 is 16.1 Å². The van der Waals surface area contributed by atoms with Crippen molar-refractivity contribution < 1.29 is 17.4 Å². The highest BCUT2D eigenvalue weighted by atomic mass is 32.2. The van der Waals surface area contributed by atoms with Gasteiger partial charge in [-0.1, -0.05) is 49.5 Å². The number of carbonyl (C=O) groups excluding carboxylic acids is 1. The molecule has 1 rings (SSSR count). The van der Waals surface area contributed by atoms with Crippen molar-refractivity contribution in [3.8, 4) is 0 Å². The minimum absolute atomic E-state index is 0.0127. The molecular formula is C18H26O4S. The summed E-state index contributed by atoms with van der Waals surface area (Å²) in [4.78, 5) is 11.7. The lowest BCUT2D eigenvalue weighted by Crippen LogP contribution is -2.13. The van der Waals surface area contributed by atoms with Gasteiger partial charge >= 0.3 is 16.1 Å². The Labute approximate surface area is 139 Å². The molecule has 0 amide bonds. The van der Waals surface area contributed by atoms with E-state index in [9.17, 15) is 13.2 Å². The number of carbonyl (C=O) groups is 1. The fraction of sp³-hybridized carbons (Fsp3) is 0.500. The Morgan fingerprint density at radius 3 is 2.22 bits per heavy atom. The van der Waals surface area contributed by atoms with Gasteiger partial charge in [-0.25, -0.2) is 0 Å². The van der Waals surface area contributed by atoms with Crippen molar-refractivity contribution in [1.29, 1.82) is 0 Å². The predicted octanol–water partition coefficient (Wildman–Crippen LogP) is 4.53. The maximum atomic E-state index is 11.9. The highest BCUT2D eigenvalue weighted by molar-refractivity contribution is 7.87. The van der Waals surface area contributed by atoms with E-state index >= 15 is 0 Å². The van der Waals surface area contributed by atoms with Crippen LogP contribution < -0.4 is 0 Å². The average Bonchev–Trinajstić information content (AvgIpc) is 2.50. The Bertz CT molecular complexity index is 588. The van der Waals surface area contributed by atoms with Gasteiger partial charge in [0.05, 0.1) is 0 Å².